The van der Waals surface area contributed by atoms with Crippen molar-refractivity contribution in [2.75, 3.05) is 19.6 Å². The van der Waals surface area contributed by atoms with Gasteiger partial charge >= 0.3 is 0 Å². The Morgan fingerprint density at radius 3 is 1.75 bits per heavy atom. The first-order valence-electron chi connectivity index (χ1n) is 14.1. The molecule has 1 fully saturated rings. The number of nitrogens with one attached hydrogen (secondary N) is 2. The van der Waals surface area contributed by atoms with Crippen LogP contribution in [0.3, 0.4) is 0 Å². The smallest absolute Gasteiger partial charge is 0.220 e. The highest BCUT2D eigenvalue weighted by Gasteiger charge is 2.32. The van der Waals surface area contributed by atoms with Gasteiger partial charge in [-0.25, -0.2) is 0 Å². The van der Waals surface area contributed by atoms with E-state index in [1.54, 1.807) is 0 Å². The first-order valence-corrected chi connectivity index (χ1v) is 14.1. The van der Waals surface area contributed by atoms with Crippen LogP contribution in [0.5, 0.6) is 0 Å². The molecule has 0 spiro atoms. The van der Waals surface area contributed by atoms with Crippen LogP contribution in [-0.4, -0.2) is 31.4 Å². The van der Waals surface area contributed by atoms with Crippen molar-refractivity contribution >= 4 is 11.8 Å². The lowest BCUT2D eigenvalue weighted by Gasteiger charge is -2.35. The maximum atomic E-state index is 12.3. The molecule has 36 heavy (non-hydrogen) atoms. The lowest BCUT2D eigenvalue weighted by atomic mass is 9.71. The topological polar surface area (TPSA) is 84.2 Å². The van der Waals surface area contributed by atoms with Crippen molar-refractivity contribution in [3.8, 4) is 0 Å². The van der Waals surface area contributed by atoms with Crippen molar-refractivity contribution in [2.24, 2.45) is 11.1 Å². The molecule has 0 radical (unpaired) electrons. The Morgan fingerprint density at radius 1 is 0.722 bits per heavy atom. The van der Waals surface area contributed by atoms with Gasteiger partial charge in [-0.05, 0) is 69.7 Å². The summed E-state index contributed by atoms with van der Waals surface area (Å²) in [4.78, 5) is 24.2. The molecule has 0 unspecified atom stereocenters. The van der Waals surface area contributed by atoms with Gasteiger partial charge in [0.1, 0.15) is 0 Å². The standard InChI is InChI=1S/C31H51N3O2/c1-2-3-4-5-6-7-8-9-10-11-12-13-14-15-16-17-19-22-29(35)33-25-26-34-30(36)27-31(28-32)23-20-18-21-24-31/h3-4,6-7,9-10,12-13,15-16H,2,5,8,11,14,17-28,32H2,1H3,(H,33,35)(H,34,36)/b4-3-,7-6?,10-9?,13-12-,16-15-. The zero-order chi connectivity index (χ0) is 26.2. The normalized spacial score (nSPS) is 16.2. The molecule has 1 saturated carbocycles. The highest BCUT2D eigenvalue weighted by molar-refractivity contribution is 5.77. The van der Waals surface area contributed by atoms with Crippen LogP contribution in [-0.2, 0) is 9.59 Å². The Kier molecular flexibility index (Phi) is 19.2. The van der Waals surface area contributed by atoms with Gasteiger partial charge in [-0.2, -0.15) is 0 Å². The largest absolute Gasteiger partial charge is 0.354 e. The molecular weight excluding hydrogens is 446 g/mol. The fourth-order valence-corrected chi connectivity index (χ4v) is 4.40. The van der Waals surface area contributed by atoms with E-state index < -0.39 is 0 Å². The molecule has 0 heterocycles. The summed E-state index contributed by atoms with van der Waals surface area (Å²) in [7, 11) is 0. The molecule has 4 N–H and O–H groups in total. The summed E-state index contributed by atoms with van der Waals surface area (Å²) in [5.41, 5.74) is 5.95. The summed E-state index contributed by atoms with van der Waals surface area (Å²) < 4.78 is 0. The average molecular weight is 498 g/mol. The maximum Gasteiger partial charge on any atom is 0.220 e. The van der Waals surface area contributed by atoms with E-state index in [1.807, 2.05) is 0 Å². The van der Waals surface area contributed by atoms with Crippen LogP contribution >= 0.6 is 0 Å². The molecule has 202 valence electrons. The van der Waals surface area contributed by atoms with Crippen molar-refractivity contribution in [1.29, 1.82) is 0 Å². The second-order valence-corrected chi connectivity index (χ2v) is 9.74. The van der Waals surface area contributed by atoms with Gasteiger partial charge in [-0.1, -0.05) is 86.9 Å². The SMILES string of the molecule is CC/C=C\CC=CCC=CC/C=C\C/C=C\CCCC(=O)NCCNC(=O)CC1(CN)CCCCC1. The van der Waals surface area contributed by atoms with Gasteiger partial charge in [0.05, 0.1) is 0 Å². The Bertz CT molecular complexity index is 728. The average Bonchev–Trinajstić information content (AvgIpc) is 2.89. The van der Waals surface area contributed by atoms with Crippen LogP contribution in [0.2, 0.25) is 0 Å². The molecule has 1 rings (SSSR count). The van der Waals surface area contributed by atoms with E-state index in [2.05, 4.69) is 78.3 Å². The van der Waals surface area contributed by atoms with Crippen molar-refractivity contribution < 1.29 is 9.59 Å². The predicted octanol–water partition coefficient (Wildman–Crippen LogP) is 6.44. The zero-order valence-electron chi connectivity index (χ0n) is 22.7. The number of amides is 2. The number of hydrogen-bond acceptors (Lipinski definition) is 3. The lowest BCUT2D eigenvalue weighted by Crippen LogP contribution is -2.40. The van der Waals surface area contributed by atoms with E-state index >= 15 is 0 Å². The molecule has 5 heteroatoms. The number of unbranched alkanes of at least 4 members (excludes halogenated alkanes) is 1. The number of allylic oxidation sites excluding steroid dienone is 10. The van der Waals surface area contributed by atoms with Gasteiger partial charge < -0.3 is 16.4 Å². The second kappa shape index (κ2) is 21.8. The van der Waals surface area contributed by atoms with Gasteiger partial charge in [0, 0.05) is 25.9 Å². The van der Waals surface area contributed by atoms with Crippen molar-refractivity contribution in [3.05, 3.63) is 60.8 Å². The van der Waals surface area contributed by atoms with E-state index in [0.29, 0.717) is 32.5 Å². The number of carbonyl (C=O) groups excluding carboxylic acids is 2. The van der Waals surface area contributed by atoms with E-state index in [-0.39, 0.29) is 17.2 Å². The second-order valence-electron chi connectivity index (χ2n) is 9.74. The third-order valence-electron chi connectivity index (χ3n) is 6.58. The Balaban J connectivity index is 1.97. The molecule has 5 nitrogen and oxygen atoms in total. The highest BCUT2D eigenvalue weighted by atomic mass is 16.2. The van der Waals surface area contributed by atoms with Crippen LogP contribution in [0.15, 0.2) is 60.8 Å². The van der Waals surface area contributed by atoms with Crippen molar-refractivity contribution in [2.45, 2.75) is 96.8 Å². The summed E-state index contributed by atoms with van der Waals surface area (Å²) in [5.74, 6) is 0.0947. The molecule has 1 aliphatic rings. The van der Waals surface area contributed by atoms with Gasteiger partial charge in [0.15, 0.2) is 0 Å². The monoisotopic (exact) mass is 497 g/mol. The quantitative estimate of drug-likeness (QED) is 0.142. The molecule has 0 aromatic rings. The third kappa shape index (κ3) is 17.1. The van der Waals surface area contributed by atoms with Crippen LogP contribution < -0.4 is 16.4 Å². The third-order valence-corrected chi connectivity index (χ3v) is 6.58. The lowest BCUT2D eigenvalue weighted by molar-refractivity contribution is -0.124. The first kappa shape index (κ1) is 31.6. The summed E-state index contributed by atoms with van der Waals surface area (Å²) in [6.07, 6.45) is 35.3. The molecule has 0 aromatic carbocycles. The molecule has 0 atom stereocenters. The first-order chi connectivity index (χ1) is 17.6. The molecule has 0 aromatic heterocycles. The van der Waals surface area contributed by atoms with Crippen LogP contribution in [0.1, 0.15) is 96.8 Å². The molecule has 0 bridgehead atoms. The van der Waals surface area contributed by atoms with Gasteiger partial charge in [0.2, 0.25) is 11.8 Å². The Labute approximate surface area is 220 Å². The van der Waals surface area contributed by atoms with Crippen LogP contribution in [0, 0.1) is 5.41 Å². The molecule has 2 amide bonds. The van der Waals surface area contributed by atoms with E-state index in [1.165, 1.54) is 19.3 Å². The number of hydrogen-bond donors (Lipinski definition) is 3. The fraction of sp³-hybridized carbons (Fsp3) is 0.613. The van der Waals surface area contributed by atoms with Crippen molar-refractivity contribution in [3.63, 3.8) is 0 Å². The molecule has 0 aliphatic heterocycles. The maximum absolute atomic E-state index is 12.3. The van der Waals surface area contributed by atoms with Gasteiger partial charge in [-0.15, -0.1) is 0 Å². The van der Waals surface area contributed by atoms with Gasteiger partial charge in [0.25, 0.3) is 0 Å². The summed E-state index contributed by atoms with van der Waals surface area (Å²) >= 11 is 0. The molecule has 0 saturated heterocycles. The van der Waals surface area contributed by atoms with Crippen LogP contribution in [0.4, 0.5) is 0 Å². The minimum Gasteiger partial charge on any atom is -0.354 e. The van der Waals surface area contributed by atoms with Crippen molar-refractivity contribution in [1.82, 2.24) is 10.6 Å². The number of nitrogens with two attached hydrogens (primary N) is 1. The summed E-state index contributed by atoms with van der Waals surface area (Å²) in [6, 6.07) is 0. The van der Waals surface area contributed by atoms with E-state index in [9.17, 15) is 9.59 Å². The zero-order valence-corrected chi connectivity index (χ0v) is 22.7. The van der Waals surface area contributed by atoms with E-state index in [0.717, 1.165) is 57.8 Å². The van der Waals surface area contributed by atoms with Gasteiger partial charge in [-0.3, -0.25) is 9.59 Å². The summed E-state index contributed by atoms with van der Waals surface area (Å²) in [5, 5.41) is 5.83. The minimum absolute atomic E-state index is 0.0188. The van der Waals surface area contributed by atoms with E-state index in [4.69, 9.17) is 5.73 Å². The number of carbonyl (C=O) groups is 2. The number of rotatable bonds is 19. The Morgan fingerprint density at radius 2 is 1.22 bits per heavy atom. The Hall–Kier alpha value is -2.40. The molecule has 1 aliphatic carbocycles. The van der Waals surface area contributed by atoms with Crippen LogP contribution in [0.25, 0.3) is 0 Å². The fourth-order valence-electron chi connectivity index (χ4n) is 4.40. The summed E-state index contributed by atoms with van der Waals surface area (Å²) in [6.45, 7) is 3.67. The predicted molar refractivity (Wildman–Crippen MR) is 154 cm³/mol. The molecular formula is C31H51N3O2. The minimum atomic E-state index is -0.0188. The highest BCUT2D eigenvalue weighted by Crippen LogP contribution is 2.38.